The van der Waals surface area contributed by atoms with Crippen molar-refractivity contribution in [3.05, 3.63) is 206 Å². The third kappa shape index (κ3) is 5.09. The number of hydrogen-bond donors (Lipinski definition) is 0. The van der Waals surface area contributed by atoms with Crippen molar-refractivity contribution in [1.29, 1.82) is 0 Å². The number of rotatable bonds is 6. The van der Waals surface area contributed by atoms with Gasteiger partial charge in [-0.05, 0) is 95.6 Å². The predicted molar refractivity (Wildman–Crippen MR) is 241 cm³/mol. The Labute approximate surface area is 334 Å². The zero-order valence-electron chi connectivity index (χ0n) is 31.3. The third-order valence-electron chi connectivity index (χ3n) is 11.6. The highest BCUT2D eigenvalue weighted by Gasteiger charge is 2.20. The van der Waals surface area contributed by atoms with Crippen LogP contribution in [0.25, 0.3) is 93.6 Å². The fourth-order valence-electron chi connectivity index (χ4n) is 8.88. The van der Waals surface area contributed by atoms with E-state index in [0.29, 0.717) is 0 Å². The second kappa shape index (κ2) is 12.9. The summed E-state index contributed by atoms with van der Waals surface area (Å²) >= 11 is 0. The van der Waals surface area contributed by atoms with Crippen molar-refractivity contribution >= 4 is 82.7 Å². The summed E-state index contributed by atoms with van der Waals surface area (Å²) in [4.78, 5) is 2.36. The molecule has 0 aliphatic rings. The van der Waals surface area contributed by atoms with Gasteiger partial charge in [-0.15, -0.1) is 0 Å². The van der Waals surface area contributed by atoms with Gasteiger partial charge in [0.2, 0.25) is 0 Å². The third-order valence-corrected chi connectivity index (χ3v) is 11.6. The van der Waals surface area contributed by atoms with E-state index in [0.717, 1.165) is 94.4 Å². The summed E-state index contributed by atoms with van der Waals surface area (Å²) in [6.45, 7) is 0. The number of hydrogen-bond acceptors (Lipinski definition) is 3. The number of benzene rings is 9. The molecule has 0 saturated heterocycles. The van der Waals surface area contributed by atoms with E-state index >= 15 is 0 Å². The van der Waals surface area contributed by atoms with Gasteiger partial charge >= 0.3 is 0 Å². The van der Waals surface area contributed by atoms with E-state index in [1.165, 1.54) is 16.3 Å². The first-order chi connectivity index (χ1) is 28.7. The molecule has 9 aromatic carbocycles. The fourth-order valence-corrected chi connectivity index (χ4v) is 8.88. The van der Waals surface area contributed by atoms with Crippen molar-refractivity contribution in [2.45, 2.75) is 0 Å². The predicted octanol–water partition coefficient (Wildman–Crippen LogP) is 15.4. The molecule has 0 unspecified atom stereocenters. The van der Waals surface area contributed by atoms with Crippen molar-refractivity contribution in [2.75, 3.05) is 4.90 Å². The zero-order chi connectivity index (χ0) is 38.2. The molecule has 0 N–H and O–H groups in total. The maximum Gasteiger partial charge on any atom is 0.143 e. The molecule has 3 heterocycles. The lowest BCUT2D eigenvalue weighted by molar-refractivity contribution is 0.669. The molecular formula is C54H34N2O2. The molecule has 12 rings (SSSR count). The van der Waals surface area contributed by atoms with Crippen LogP contribution in [0.15, 0.2) is 215 Å². The first-order valence-electron chi connectivity index (χ1n) is 19.7. The van der Waals surface area contributed by atoms with Crippen LogP contribution in [-0.4, -0.2) is 4.57 Å². The summed E-state index contributed by atoms with van der Waals surface area (Å²) in [7, 11) is 0. The average molecular weight is 743 g/mol. The number of nitrogens with zero attached hydrogens (tertiary/aromatic N) is 2. The minimum atomic E-state index is 0.873. The molecule has 0 spiro atoms. The molecule has 4 nitrogen and oxygen atoms in total. The van der Waals surface area contributed by atoms with Gasteiger partial charge in [0.15, 0.2) is 0 Å². The standard InChI is InChI=1S/C54H34N2O2/c1-3-12-36(13-4-1)42-18-11-19-46-47-32-37(24-30-53(47)58-54(42)46)35-22-25-39(26-23-35)55(40-28-31-52-48(33-40)45-17-8-10-21-51(45)57-52)41-27-29-44-43-16-7-9-20-49(43)56(50(44)34-41)38-14-5-2-6-15-38/h1-34H. The molecule has 12 aromatic rings. The molecule has 0 aliphatic carbocycles. The lowest BCUT2D eigenvalue weighted by Gasteiger charge is -2.26. The van der Waals surface area contributed by atoms with Crippen LogP contribution in [0.2, 0.25) is 0 Å². The fraction of sp³-hybridized carbons (Fsp3) is 0. The lowest BCUT2D eigenvalue weighted by atomic mass is 10.00. The van der Waals surface area contributed by atoms with Gasteiger partial charge in [0.05, 0.1) is 11.0 Å². The topological polar surface area (TPSA) is 34.5 Å². The SMILES string of the molecule is c1ccc(-c2cccc3c2oc2ccc(-c4ccc(N(c5ccc6oc7ccccc7c6c5)c5ccc6c7ccccc7n(-c7ccccc7)c6c5)cc4)cc23)cc1. The molecule has 4 heteroatoms. The number of para-hydroxylation sites is 4. The molecule has 3 aromatic heterocycles. The molecule has 0 radical (unpaired) electrons. The van der Waals surface area contributed by atoms with Crippen LogP contribution in [0.1, 0.15) is 0 Å². The zero-order valence-corrected chi connectivity index (χ0v) is 31.3. The normalized spacial score (nSPS) is 11.8. The maximum absolute atomic E-state index is 6.50. The molecule has 0 bridgehead atoms. The van der Waals surface area contributed by atoms with Gasteiger partial charge in [-0.2, -0.15) is 0 Å². The average Bonchev–Trinajstić information content (AvgIpc) is 3.96. The van der Waals surface area contributed by atoms with Gasteiger partial charge in [0.1, 0.15) is 22.3 Å². The molecule has 0 aliphatic heterocycles. The Balaban J connectivity index is 1.01. The Morgan fingerprint density at radius 2 is 0.931 bits per heavy atom. The largest absolute Gasteiger partial charge is 0.456 e. The smallest absolute Gasteiger partial charge is 0.143 e. The van der Waals surface area contributed by atoms with E-state index in [4.69, 9.17) is 8.83 Å². The Hall–Kier alpha value is -7.82. The second-order valence-corrected chi connectivity index (χ2v) is 14.9. The number of fused-ring (bicyclic) bond motifs is 9. The van der Waals surface area contributed by atoms with Gasteiger partial charge in [-0.25, -0.2) is 0 Å². The summed E-state index contributed by atoms with van der Waals surface area (Å²) in [5, 5.41) is 6.87. The van der Waals surface area contributed by atoms with Gasteiger partial charge in [0, 0.05) is 60.6 Å². The Kier molecular flexibility index (Phi) is 7.20. The van der Waals surface area contributed by atoms with Crippen LogP contribution in [0.5, 0.6) is 0 Å². The van der Waals surface area contributed by atoms with Gasteiger partial charge in [-0.3, -0.25) is 0 Å². The molecule has 58 heavy (non-hydrogen) atoms. The monoisotopic (exact) mass is 742 g/mol. The number of anilines is 3. The molecule has 0 atom stereocenters. The van der Waals surface area contributed by atoms with Crippen LogP contribution in [0.4, 0.5) is 17.1 Å². The van der Waals surface area contributed by atoms with E-state index in [2.05, 4.69) is 198 Å². The second-order valence-electron chi connectivity index (χ2n) is 14.9. The summed E-state index contributed by atoms with van der Waals surface area (Å²) in [6, 6.07) is 73.3. The van der Waals surface area contributed by atoms with Gasteiger partial charge in [0.25, 0.3) is 0 Å². The summed E-state index contributed by atoms with van der Waals surface area (Å²) in [6.07, 6.45) is 0. The quantitative estimate of drug-likeness (QED) is 0.170. The van der Waals surface area contributed by atoms with E-state index < -0.39 is 0 Å². The first-order valence-corrected chi connectivity index (χ1v) is 19.7. The Morgan fingerprint density at radius 3 is 1.79 bits per heavy atom. The van der Waals surface area contributed by atoms with Crippen molar-refractivity contribution in [3.63, 3.8) is 0 Å². The van der Waals surface area contributed by atoms with Crippen molar-refractivity contribution in [2.24, 2.45) is 0 Å². The van der Waals surface area contributed by atoms with Crippen LogP contribution in [-0.2, 0) is 0 Å². The minimum Gasteiger partial charge on any atom is -0.456 e. The first kappa shape index (κ1) is 32.4. The minimum absolute atomic E-state index is 0.873. The summed E-state index contributed by atoms with van der Waals surface area (Å²) in [5.74, 6) is 0. The maximum atomic E-state index is 6.50. The van der Waals surface area contributed by atoms with Gasteiger partial charge in [-0.1, -0.05) is 127 Å². The highest BCUT2D eigenvalue weighted by molar-refractivity contribution is 6.12. The molecular weight excluding hydrogens is 709 g/mol. The van der Waals surface area contributed by atoms with Crippen molar-refractivity contribution in [1.82, 2.24) is 4.57 Å². The van der Waals surface area contributed by atoms with Crippen molar-refractivity contribution < 1.29 is 8.83 Å². The Bertz CT molecular complexity index is 3500. The van der Waals surface area contributed by atoms with Gasteiger partial charge < -0.3 is 18.3 Å². The van der Waals surface area contributed by atoms with E-state index in [9.17, 15) is 0 Å². The van der Waals surface area contributed by atoms with Crippen LogP contribution in [0, 0.1) is 0 Å². The van der Waals surface area contributed by atoms with Crippen LogP contribution >= 0.6 is 0 Å². The van der Waals surface area contributed by atoms with Crippen LogP contribution < -0.4 is 4.90 Å². The van der Waals surface area contributed by atoms with Crippen molar-refractivity contribution in [3.8, 4) is 27.9 Å². The molecule has 0 saturated carbocycles. The lowest BCUT2D eigenvalue weighted by Crippen LogP contribution is -2.10. The van der Waals surface area contributed by atoms with E-state index in [1.807, 2.05) is 18.2 Å². The number of aromatic nitrogens is 1. The highest BCUT2D eigenvalue weighted by Crippen LogP contribution is 2.43. The number of furan rings is 2. The summed E-state index contributed by atoms with van der Waals surface area (Å²) in [5.41, 5.74) is 14.7. The molecule has 0 fully saturated rings. The summed E-state index contributed by atoms with van der Waals surface area (Å²) < 4.78 is 15.1. The van der Waals surface area contributed by atoms with E-state index in [-0.39, 0.29) is 0 Å². The van der Waals surface area contributed by atoms with Crippen LogP contribution in [0.3, 0.4) is 0 Å². The molecule has 0 amide bonds. The van der Waals surface area contributed by atoms with E-state index in [1.54, 1.807) is 0 Å². The highest BCUT2D eigenvalue weighted by atomic mass is 16.3. The Morgan fingerprint density at radius 1 is 0.328 bits per heavy atom. The molecule has 272 valence electrons.